The van der Waals surface area contributed by atoms with E-state index in [9.17, 15) is 22.7 Å². The fraction of sp³-hybridized carbons (Fsp3) is 0.323. The minimum atomic E-state index is -3.99. The third-order valence-corrected chi connectivity index (χ3v) is 10.5. The zero-order valence-electron chi connectivity index (χ0n) is 23.4. The van der Waals surface area contributed by atoms with Gasteiger partial charge in [0.2, 0.25) is 10.0 Å². The van der Waals surface area contributed by atoms with Crippen molar-refractivity contribution < 1.29 is 27.4 Å². The topological polar surface area (TPSA) is 115 Å². The second kappa shape index (κ2) is 10.7. The maximum atomic E-state index is 14.2. The highest BCUT2D eigenvalue weighted by Gasteiger charge is 2.51. The summed E-state index contributed by atoms with van der Waals surface area (Å²) < 4.78 is 49.2. The van der Waals surface area contributed by atoms with Crippen LogP contribution in [-0.4, -0.2) is 67.1 Å². The van der Waals surface area contributed by atoms with E-state index in [2.05, 4.69) is 10.3 Å². The quantitative estimate of drug-likeness (QED) is 0.304. The van der Waals surface area contributed by atoms with E-state index >= 15 is 0 Å². The van der Waals surface area contributed by atoms with Crippen molar-refractivity contribution in [2.75, 3.05) is 38.7 Å². The zero-order valence-corrected chi connectivity index (χ0v) is 24.2. The molecule has 220 valence electrons. The standard InChI is InChI=1S/C31H33FN4O5S/c1-20-7-10-22(11-8-20)42(39,40)36-19-31(13-15-35(16-14-31)30(38)34-25-6-4-3-5-24(25)32)28-23-12-9-21(41-2)17-26(23)33-29(28)27(36)18-37/h3-12,17,27,33,37H,13-16,18-19H2,1-2H3,(H,34,38)/t27-/m0/s1. The molecule has 42 heavy (non-hydrogen) atoms. The molecule has 2 aliphatic rings. The maximum Gasteiger partial charge on any atom is 0.321 e. The van der Waals surface area contributed by atoms with Gasteiger partial charge in [-0.05, 0) is 61.7 Å². The molecule has 3 N–H and O–H groups in total. The summed E-state index contributed by atoms with van der Waals surface area (Å²) in [5.74, 6) is 0.136. The highest BCUT2D eigenvalue weighted by molar-refractivity contribution is 7.89. The molecule has 6 rings (SSSR count). The second-order valence-electron chi connectivity index (χ2n) is 11.1. The number of aromatic amines is 1. The van der Waals surface area contributed by atoms with Crippen LogP contribution in [0.5, 0.6) is 5.75 Å². The number of piperidine rings is 1. The molecule has 4 aromatic rings. The summed E-state index contributed by atoms with van der Waals surface area (Å²) in [5.41, 5.74) is 2.80. The molecule has 0 saturated carbocycles. The molecular formula is C31H33FN4O5S. The molecule has 1 saturated heterocycles. The van der Waals surface area contributed by atoms with Gasteiger partial charge in [-0.25, -0.2) is 17.6 Å². The molecule has 0 radical (unpaired) electrons. The van der Waals surface area contributed by atoms with Crippen molar-refractivity contribution in [3.63, 3.8) is 0 Å². The van der Waals surface area contributed by atoms with Gasteiger partial charge in [0, 0.05) is 47.7 Å². The van der Waals surface area contributed by atoms with Crippen LogP contribution in [0.25, 0.3) is 10.9 Å². The van der Waals surface area contributed by atoms with E-state index < -0.39 is 39.9 Å². The Morgan fingerprint density at radius 3 is 2.50 bits per heavy atom. The van der Waals surface area contributed by atoms with E-state index in [-0.39, 0.29) is 17.1 Å². The second-order valence-corrected chi connectivity index (χ2v) is 13.0. The predicted molar refractivity (Wildman–Crippen MR) is 158 cm³/mol. The number of aromatic nitrogens is 1. The van der Waals surface area contributed by atoms with Crippen molar-refractivity contribution >= 4 is 32.6 Å². The Morgan fingerprint density at radius 2 is 1.83 bits per heavy atom. The van der Waals surface area contributed by atoms with E-state index in [1.807, 2.05) is 25.1 Å². The van der Waals surface area contributed by atoms with Gasteiger partial charge in [-0.2, -0.15) is 4.31 Å². The van der Waals surface area contributed by atoms with E-state index in [0.717, 1.165) is 22.0 Å². The molecule has 1 atom stereocenters. The SMILES string of the molecule is COc1ccc2c3c([nH]c2c1)[C@H](CO)N(S(=O)(=O)c1ccc(C)cc1)CC31CCN(C(=O)Nc2ccccc2F)CC1. The molecule has 2 aliphatic heterocycles. The van der Waals surface area contributed by atoms with Gasteiger partial charge in [-0.15, -0.1) is 0 Å². The number of aliphatic hydroxyl groups excluding tert-OH is 1. The fourth-order valence-electron chi connectivity index (χ4n) is 6.36. The average molecular weight is 593 g/mol. The molecule has 1 fully saturated rings. The zero-order chi connectivity index (χ0) is 29.6. The number of amides is 2. The van der Waals surface area contributed by atoms with Gasteiger partial charge in [0.1, 0.15) is 11.6 Å². The molecule has 1 aromatic heterocycles. The van der Waals surface area contributed by atoms with Crippen molar-refractivity contribution in [2.24, 2.45) is 0 Å². The van der Waals surface area contributed by atoms with Gasteiger partial charge in [0.15, 0.2) is 0 Å². The van der Waals surface area contributed by atoms with Crippen LogP contribution in [0.2, 0.25) is 0 Å². The number of nitrogens with zero attached hydrogens (tertiary/aromatic N) is 2. The number of nitrogens with one attached hydrogen (secondary N) is 2. The minimum absolute atomic E-state index is 0.106. The van der Waals surface area contributed by atoms with Crippen LogP contribution in [0, 0.1) is 12.7 Å². The van der Waals surface area contributed by atoms with Crippen molar-refractivity contribution in [1.29, 1.82) is 0 Å². The van der Waals surface area contributed by atoms with Crippen LogP contribution < -0.4 is 10.1 Å². The molecule has 3 aromatic carbocycles. The van der Waals surface area contributed by atoms with Crippen molar-refractivity contribution in [2.45, 2.75) is 36.1 Å². The summed E-state index contributed by atoms with van der Waals surface area (Å²) in [4.78, 5) is 18.3. The highest BCUT2D eigenvalue weighted by Crippen LogP contribution is 2.50. The Balaban J connectivity index is 1.40. The van der Waals surface area contributed by atoms with Crippen LogP contribution in [0.3, 0.4) is 0 Å². The number of halogens is 1. The lowest BCUT2D eigenvalue weighted by Crippen LogP contribution is -2.56. The summed E-state index contributed by atoms with van der Waals surface area (Å²) in [6.45, 7) is 2.30. The number of urea groups is 1. The van der Waals surface area contributed by atoms with Gasteiger partial charge in [0.25, 0.3) is 0 Å². The number of anilines is 1. The number of hydrogen-bond acceptors (Lipinski definition) is 5. The average Bonchev–Trinajstić information content (AvgIpc) is 3.38. The molecular weight excluding hydrogens is 559 g/mol. The lowest BCUT2D eigenvalue weighted by atomic mass is 9.69. The fourth-order valence-corrected chi connectivity index (χ4v) is 8.04. The number of carbonyl (C=O) groups excluding carboxylic acids is 1. The predicted octanol–water partition coefficient (Wildman–Crippen LogP) is 4.93. The Labute approximate surface area is 244 Å². The summed E-state index contributed by atoms with van der Waals surface area (Å²) in [6, 6.07) is 17.2. The Morgan fingerprint density at radius 1 is 1.12 bits per heavy atom. The number of carbonyl (C=O) groups is 1. The number of H-pyrrole nitrogens is 1. The summed E-state index contributed by atoms with van der Waals surface area (Å²) >= 11 is 0. The number of likely N-dealkylation sites (tertiary alicyclic amines) is 1. The number of hydrogen-bond donors (Lipinski definition) is 3. The first-order valence-electron chi connectivity index (χ1n) is 13.9. The molecule has 1 spiro atoms. The highest BCUT2D eigenvalue weighted by atomic mass is 32.2. The first-order valence-corrected chi connectivity index (χ1v) is 15.3. The van der Waals surface area contributed by atoms with Crippen LogP contribution >= 0.6 is 0 Å². The number of benzene rings is 3. The summed E-state index contributed by atoms with van der Waals surface area (Å²) in [5, 5.41) is 14.2. The first-order chi connectivity index (χ1) is 20.2. The summed E-state index contributed by atoms with van der Waals surface area (Å²) in [7, 11) is -2.41. The molecule has 0 aliphatic carbocycles. The lowest BCUT2D eigenvalue weighted by molar-refractivity contribution is 0.106. The number of aliphatic hydroxyl groups is 1. The van der Waals surface area contributed by atoms with E-state index in [4.69, 9.17) is 4.74 Å². The molecule has 3 heterocycles. The van der Waals surface area contributed by atoms with Gasteiger partial charge in [-0.1, -0.05) is 29.8 Å². The largest absolute Gasteiger partial charge is 0.497 e. The number of sulfonamides is 1. The Bertz CT molecular complexity index is 1750. The number of methoxy groups -OCH3 is 1. The number of para-hydroxylation sites is 1. The Hall–Kier alpha value is -3.93. The van der Waals surface area contributed by atoms with E-state index in [1.54, 1.807) is 48.4 Å². The van der Waals surface area contributed by atoms with Crippen molar-refractivity contribution in [3.05, 3.63) is 89.4 Å². The van der Waals surface area contributed by atoms with Crippen LogP contribution in [0.1, 0.15) is 35.7 Å². The number of aryl methyl sites for hydroxylation is 1. The van der Waals surface area contributed by atoms with Crippen LogP contribution in [-0.2, 0) is 15.4 Å². The van der Waals surface area contributed by atoms with Gasteiger partial charge in [0.05, 0.1) is 30.3 Å². The van der Waals surface area contributed by atoms with Crippen molar-refractivity contribution in [3.8, 4) is 5.75 Å². The smallest absolute Gasteiger partial charge is 0.321 e. The third-order valence-electron chi connectivity index (χ3n) is 8.63. The number of ether oxygens (including phenoxy) is 1. The molecule has 11 heteroatoms. The first kappa shape index (κ1) is 28.2. The summed E-state index contributed by atoms with van der Waals surface area (Å²) in [6.07, 6.45) is 0.948. The minimum Gasteiger partial charge on any atom is -0.497 e. The molecule has 2 amide bonds. The van der Waals surface area contributed by atoms with Crippen LogP contribution in [0.15, 0.2) is 71.6 Å². The van der Waals surface area contributed by atoms with Gasteiger partial charge < -0.3 is 25.0 Å². The number of fused-ring (bicyclic) bond motifs is 4. The molecule has 9 nitrogen and oxygen atoms in total. The van der Waals surface area contributed by atoms with Crippen molar-refractivity contribution in [1.82, 2.24) is 14.2 Å². The van der Waals surface area contributed by atoms with Crippen LogP contribution in [0.4, 0.5) is 14.9 Å². The maximum absolute atomic E-state index is 14.2. The lowest BCUT2D eigenvalue weighted by Gasteiger charge is -2.49. The monoisotopic (exact) mass is 592 g/mol. The normalized spacial score (nSPS) is 18.7. The third kappa shape index (κ3) is 4.71. The molecule has 0 unspecified atom stereocenters. The molecule has 0 bridgehead atoms. The van der Waals surface area contributed by atoms with Gasteiger partial charge in [-0.3, -0.25) is 0 Å². The number of rotatable bonds is 5. The Kier molecular flexibility index (Phi) is 7.20. The van der Waals surface area contributed by atoms with E-state index in [1.165, 1.54) is 16.4 Å². The van der Waals surface area contributed by atoms with Gasteiger partial charge >= 0.3 is 6.03 Å². The van der Waals surface area contributed by atoms with E-state index in [0.29, 0.717) is 37.4 Å².